The van der Waals surface area contributed by atoms with Gasteiger partial charge in [0, 0.05) is 29.9 Å². The van der Waals surface area contributed by atoms with E-state index in [9.17, 15) is 14.0 Å². The SMILES string of the molecule is O=C(Nc1ccc2c(c1)OCO2)NC1CCCC(OC(=O)Nc2ccc(F)cc2)C1. The van der Waals surface area contributed by atoms with Crippen LogP contribution in [-0.2, 0) is 4.74 Å². The lowest BCUT2D eigenvalue weighted by atomic mass is 9.93. The summed E-state index contributed by atoms with van der Waals surface area (Å²) in [5.41, 5.74) is 1.05. The molecule has 1 aliphatic heterocycles. The number of hydrogen-bond acceptors (Lipinski definition) is 5. The minimum absolute atomic E-state index is 0.114. The largest absolute Gasteiger partial charge is 0.454 e. The predicted molar refractivity (Wildman–Crippen MR) is 107 cm³/mol. The summed E-state index contributed by atoms with van der Waals surface area (Å²) in [6.07, 6.45) is 1.95. The maximum atomic E-state index is 12.9. The van der Waals surface area contributed by atoms with Crippen molar-refractivity contribution < 1.29 is 28.2 Å². The van der Waals surface area contributed by atoms with Crippen LogP contribution in [0, 0.1) is 5.82 Å². The van der Waals surface area contributed by atoms with E-state index in [2.05, 4.69) is 16.0 Å². The van der Waals surface area contributed by atoms with E-state index in [1.54, 1.807) is 18.2 Å². The van der Waals surface area contributed by atoms with Crippen molar-refractivity contribution in [1.82, 2.24) is 5.32 Å². The highest BCUT2D eigenvalue weighted by atomic mass is 19.1. The van der Waals surface area contributed by atoms with Crippen molar-refractivity contribution in [2.24, 2.45) is 0 Å². The molecule has 2 aromatic carbocycles. The van der Waals surface area contributed by atoms with Crippen LogP contribution in [0.3, 0.4) is 0 Å². The number of carbonyl (C=O) groups excluding carboxylic acids is 2. The Bertz CT molecular complexity index is 921. The molecule has 2 unspecified atom stereocenters. The summed E-state index contributed by atoms with van der Waals surface area (Å²) < 4.78 is 29.0. The van der Waals surface area contributed by atoms with Crippen molar-refractivity contribution in [2.45, 2.75) is 37.8 Å². The van der Waals surface area contributed by atoms with E-state index < -0.39 is 6.09 Å². The molecule has 158 valence electrons. The van der Waals surface area contributed by atoms with Crippen molar-refractivity contribution in [2.75, 3.05) is 17.4 Å². The highest BCUT2D eigenvalue weighted by molar-refractivity contribution is 5.90. The van der Waals surface area contributed by atoms with Gasteiger partial charge in [-0.1, -0.05) is 0 Å². The molecule has 0 aromatic heterocycles. The minimum atomic E-state index is -0.600. The number of anilines is 2. The van der Waals surface area contributed by atoms with Crippen LogP contribution < -0.4 is 25.4 Å². The molecule has 2 aromatic rings. The van der Waals surface area contributed by atoms with Gasteiger partial charge in [-0.25, -0.2) is 14.0 Å². The number of nitrogens with one attached hydrogen (secondary N) is 3. The monoisotopic (exact) mass is 415 g/mol. The van der Waals surface area contributed by atoms with Crippen LogP contribution in [0.2, 0.25) is 0 Å². The molecule has 0 bridgehead atoms. The Morgan fingerprint density at radius 1 is 0.967 bits per heavy atom. The second-order valence-corrected chi connectivity index (χ2v) is 7.19. The van der Waals surface area contributed by atoms with Crippen LogP contribution in [0.1, 0.15) is 25.7 Å². The van der Waals surface area contributed by atoms with Gasteiger partial charge >= 0.3 is 12.1 Å². The Morgan fingerprint density at radius 2 is 1.73 bits per heavy atom. The van der Waals surface area contributed by atoms with Gasteiger partial charge in [-0.2, -0.15) is 0 Å². The molecule has 0 spiro atoms. The van der Waals surface area contributed by atoms with Crippen LogP contribution in [0.4, 0.5) is 25.4 Å². The number of hydrogen-bond donors (Lipinski definition) is 3. The number of halogens is 1. The topological polar surface area (TPSA) is 97.9 Å². The van der Waals surface area contributed by atoms with Crippen LogP contribution in [0.25, 0.3) is 0 Å². The zero-order valence-electron chi connectivity index (χ0n) is 16.2. The average Bonchev–Trinajstić information content (AvgIpc) is 3.18. The zero-order chi connectivity index (χ0) is 20.9. The maximum Gasteiger partial charge on any atom is 0.411 e. The first-order valence-corrected chi connectivity index (χ1v) is 9.75. The number of carbonyl (C=O) groups is 2. The number of benzene rings is 2. The summed E-state index contributed by atoms with van der Waals surface area (Å²) in [7, 11) is 0. The van der Waals surface area contributed by atoms with E-state index >= 15 is 0 Å². The molecule has 1 aliphatic carbocycles. The second kappa shape index (κ2) is 8.89. The summed E-state index contributed by atoms with van der Waals surface area (Å²) >= 11 is 0. The minimum Gasteiger partial charge on any atom is -0.454 e. The van der Waals surface area contributed by atoms with Crippen LogP contribution in [-0.4, -0.2) is 31.1 Å². The molecular weight excluding hydrogens is 393 g/mol. The normalized spacial score (nSPS) is 19.6. The lowest BCUT2D eigenvalue weighted by molar-refractivity contribution is 0.0779. The molecule has 3 amide bonds. The summed E-state index contributed by atoms with van der Waals surface area (Å²) in [5.74, 6) is 0.854. The van der Waals surface area contributed by atoms with Gasteiger partial charge in [-0.15, -0.1) is 0 Å². The first kappa shape index (κ1) is 19.8. The second-order valence-electron chi connectivity index (χ2n) is 7.19. The van der Waals surface area contributed by atoms with Crippen molar-refractivity contribution in [3.8, 4) is 11.5 Å². The lowest BCUT2D eigenvalue weighted by Gasteiger charge is -2.29. The van der Waals surface area contributed by atoms with Gasteiger partial charge in [0.15, 0.2) is 11.5 Å². The Morgan fingerprint density at radius 3 is 2.57 bits per heavy atom. The van der Waals surface area contributed by atoms with Crippen LogP contribution >= 0.6 is 0 Å². The Kier molecular flexibility index (Phi) is 5.87. The fraction of sp³-hybridized carbons (Fsp3) is 0.333. The third kappa shape index (κ3) is 5.11. The zero-order valence-corrected chi connectivity index (χ0v) is 16.2. The molecule has 2 atom stereocenters. The van der Waals surface area contributed by atoms with E-state index in [1.165, 1.54) is 24.3 Å². The molecule has 0 radical (unpaired) electrons. The predicted octanol–water partition coefficient (Wildman–Crippen LogP) is 4.24. The Balaban J connectivity index is 1.24. The standard InChI is InChI=1S/C21H22FN3O5/c22-13-4-6-14(7-5-13)25-21(27)30-17-3-1-2-15(10-17)23-20(26)24-16-8-9-18-19(11-16)29-12-28-18/h4-9,11,15,17H,1-3,10,12H2,(H,25,27)(H2,23,24,26). The molecule has 3 N–H and O–H groups in total. The van der Waals surface area contributed by atoms with Gasteiger partial charge in [0.25, 0.3) is 0 Å². The number of urea groups is 1. The molecular formula is C21H22FN3O5. The van der Waals surface area contributed by atoms with Crippen molar-refractivity contribution >= 4 is 23.5 Å². The van der Waals surface area contributed by atoms with Crippen molar-refractivity contribution in [1.29, 1.82) is 0 Å². The molecule has 8 nitrogen and oxygen atoms in total. The van der Waals surface area contributed by atoms with E-state index in [0.29, 0.717) is 29.3 Å². The quantitative estimate of drug-likeness (QED) is 0.694. The van der Waals surface area contributed by atoms with Gasteiger partial charge in [0.2, 0.25) is 6.79 Å². The highest BCUT2D eigenvalue weighted by Crippen LogP contribution is 2.34. The van der Waals surface area contributed by atoms with Crippen LogP contribution in [0.5, 0.6) is 11.5 Å². The first-order chi connectivity index (χ1) is 14.5. The van der Waals surface area contributed by atoms with Crippen molar-refractivity contribution in [3.05, 3.63) is 48.3 Å². The lowest BCUT2D eigenvalue weighted by Crippen LogP contribution is -2.43. The summed E-state index contributed by atoms with van der Waals surface area (Å²) in [4.78, 5) is 24.4. The summed E-state index contributed by atoms with van der Waals surface area (Å²) in [5, 5.41) is 8.27. The van der Waals surface area contributed by atoms with Gasteiger partial charge in [-0.05, 0) is 55.7 Å². The molecule has 0 saturated heterocycles. The third-order valence-electron chi connectivity index (χ3n) is 4.96. The smallest absolute Gasteiger partial charge is 0.411 e. The number of rotatable bonds is 4. The number of fused-ring (bicyclic) bond motifs is 1. The van der Waals surface area contributed by atoms with Gasteiger partial charge in [0.1, 0.15) is 11.9 Å². The third-order valence-corrected chi connectivity index (χ3v) is 4.96. The molecule has 1 fully saturated rings. The van der Waals surface area contributed by atoms with E-state index in [4.69, 9.17) is 14.2 Å². The molecule has 1 heterocycles. The Hall–Kier alpha value is -3.49. The fourth-order valence-electron chi connectivity index (χ4n) is 3.54. The summed E-state index contributed by atoms with van der Waals surface area (Å²) in [6, 6.07) is 10.2. The van der Waals surface area contributed by atoms with Crippen LogP contribution in [0.15, 0.2) is 42.5 Å². The molecule has 1 saturated carbocycles. The van der Waals surface area contributed by atoms with Gasteiger partial charge in [-0.3, -0.25) is 5.32 Å². The summed E-state index contributed by atoms with van der Waals surface area (Å²) in [6.45, 7) is 0.170. The van der Waals surface area contributed by atoms with Gasteiger partial charge < -0.3 is 24.8 Å². The van der Waals surface area contributed by atoms with E-state index in [1.807, 2.05) is 0 Å². The number of ether oxygens (including phenoxy) is 3. The Labute approximate surface area is 172 Å². The van der Waals surface area contributed by atoms with Crippen molar-refractivity contribution in [3.63, 3.8) is 0 Å². The average molecular weight is 415 g/mol. The molecule has 4 rings (SSSR count). The highest BCUT2D eigenvalue weighted by Gasteiger charge is 2.26. The molecule has 2 aliphatic rings. The maximum absolute atomic E-state index is 12.9. The molecule has 9 heteroatoms. The van der Waals surface area contributed by atoms with Gasteiger partial charge in [0.05, 0.1) is 0 Å². The van der Waals surface area contributed by atoms with E-state index in [0.717, 1.165) is 19.3 Å². The van der Waals surface area contributed by atoms with E-state index in [-0.39, 0.29) is 30.8 Å². The fourth-order valence-corrected chi connectivity index (χ4v) is 3.54. The first-order valence-electron chi connectivity index (χ1n) is 9.75. The molecule has 30 heavy (non-hydrogen) atoms. The number of amides is 3.